The minimum atomic E-state index is -0.595. The molecule has 6 heteroatoms. The Morgan fingerprint density at radius 2 is 1.85 bits per heavy atom. The zero-order valence-electron chi connectivity index (χ0n) is 10.4. The number of carbonyl (C=O) groups is 2. The standard InChI is InChI=1S/C14H12FN3O2/c15-9-4-5-11(12(16)7-9)14(20)18-10-3-1-2-8(6-10)13(17)19/h1-7H,16H2,(H2,17,19)(H,18,20). The molecule has 0 saturated heterocycles. The number of nitrogens with two attached hydrogens (primary N) is 2. The molecule has 0 fully saturated rings. The van der Waals surface area contributed by atoms with E-state index >= 15 is 0 Å². The maximum atomic E-state index is 12.9. The third kappa shape index (κ3) is 2.92. The van der Waals surface area contributed by atoms with Crippen molar-refractivity contribution in [2.75, 3.05) is 11.1 Å². The number of rotatable bonds is 3. The maximum absolute atomic E-state index is 12.9. The van der Waals surface area contributed by atoms with Crippen LogP contribution in [-0.2, 0) is 0 Å². The number of primary amides is 1. The Labute approximate surface area is 114 Å². The number of halogens is 1. The summed E-state index contributed by atoms with van der Waals surface area (Å²) in [4.78, 5) is 23.0. The molecule has 2 rings (SSSR count). The molecular weight excluding hydrogens is 261 g/mol. The third-order valence-corrected chi connectivity index (χ3v) is 2.66. The zero-order chi connectivity index (χ0) is 14.7. The lowest BCUT2D eigenvalue weighted by Gasteiger charge is -2.08. The molecule has 5 N–H and O–H groups in total. The number of carbonyl (C=O) groups excluding carboxylic acids is 2. The summed E-state index contributed by atoms with van der Waals surface area (Å²) in [5.41, 5.74) is 11.6. The minimum absolute atomic E-state index is 0.0357. The lowest BCUT2D eigenvalue weighted by atomic mass is 10.1. The van der Waals surface area contributed by atoms with Gasteiger partial charge in [0.2, 0.25) is 5.91 Å². The highest BCUT2D eigenvalue weighted by molar-refractivity contribution is 6.08. The Kier molecular flexibility index (Phi) is 3.65. The first-order valence-electron chi connectivity index (χ1n) is 5.73. The summed E-state index contributed by atoms with van der Waals surface area (Å²) in [7, 11) is 0. The molecule has 0 atom stereocenters. The molecule has 102 valence electrons. The highest BCUT2D eigenvalue weighted by Gasteiger charge is 2.11. The van der Waals surface area contributed by atoms with Crippen LogP contribution < -0.4 is 16.8 Å². The van der Waals surface area contributed by atoms with Crippen molar-refractivity contribution in [1.29, 1.82) is 0 Å². The van der Waals surface area contributed by atoms with E-state index in [2.05, 4.69) is 5.32 Å². The number of hydrogen-bond acceptors (Lipinski definition) is 3. The molecule has 0 aliphatic heterocycles. The van der Waals surface area contributed by atoms with Gasteiger partial charge in [-0.1, -0.05) is 6.07 Å². The van der Waals surface area contributed by atoms with Gasteiger partial charge in [-0.25, -0.2) is 4.39 Å². The van der Waals surface area contributed by atoms with E-state index in [1.54, 1.807) is 12.1 Å². The van der Waals surface area contributed by atoms with Crippen LogP contribution in [0.3, 0.4) is 0 Å². The average Bonchev–Trinajstić information content (AvgIpc) is 2.38. The van der Waals surface area contributed by atoms with E-state index in [1.807, 2.05) is 0 Å². The van der Waals surface area contributed by atoms with Crippen molar-refractivity contribution < 1.29 is 14.0 Å². The molecule has 0 aromatic heterocycles. The fourth-order valence-corrected chi connectivity index (χ4v) is 1.69. The van der Waals surface area contributed by atoms with Gasteiger partial charge in [-0.2, -0.15) is 0 Å². The third-order valence-electron chi connectivity index (χ3n) is 2.66. The van der Waals surface area contributed by atoms with E-state index in [0.29, 0.717) is 5.69 Å². The molecule has 20 heavy (non-hydrogen) atoms. The second kappa shape index (κ2) is 5.40. The monoisotopic (exact) mass is 273 g/mol. The number of hydrogen-bond donors (Lipinski definition) is 3. The summed E-state index contributed by atoms with van der Waals surface area (Å²) in [6.45, 7) is 0. The molecular formula is C14H12FN3O2. The lowest BCUT2D eigenvalue weighted by Crippen LogP contribution is -2.15. The smallest absolute Gasteiger partial charge is 0.257 e. The highest BCUT2D eigenvalue weighted by Crippen LogP contribution is 2.17. The quantitative estimate of drug-likeness (QED) is 0.743. The van der Waals surface area contributed by atoms with Crippen LogP contribution in [0.1, 0.15) is 20.7 Å². The first-order chi connectivity index (χ1) is 9.47. The van der Waals surface area contributed by atoms with Gasteiger partial charge in [0, 0.05) is 16.9 Å². The Morgan fingerprint density at radius 1 is 1.10 bits per heavy atom. The van der Waals surface area contributed by atoms with Crippen LogP contribution >= 0.6 is 0 Å². The molecule has 2 amide bonds. The van der Waals surface area contributed by atoms with Crippen molar-refractivity contribution in [2.24, 2.45) is 5.73 Å². The second-order valence-corrected chi connectivity index (χ2v) is 4.13. The number of benzene rings is 2. The predicted molar refractivity (Wildman–Crippen MR) is 73.7 cm³/mol. The van der Waals surface area contributed by atoms with Gasteiger partial charge in [0.1, 0.15) is 5.82 Å². The first kappa shape index (κ1) is 13.5. The normalized spacial score (nSPS) is 10.1. The van der Waals surface area contributed by atoms with Crippen LogP contribution in [0.25, 0.3) is 0 Å². The van der Waals surface area contributed by atoms with E-state index in [9.17, 15) is 14.0 Å². The molecule has 0 saturated carbocycles. The van der Waals surface area contributed by atoms with Crippen molar-refractivity contribution in [1.82, 2.24) is 0 Å². The fourth-order valence-electron chi connectivity index (χ4n) is 1.69. The summed E-state index contributed by atoms with van der Waals surface area (Å²) in [5, 5.41) is 2.56. The molecule has 0 heterocycles. The topological polar surface area (TPSA) is 98.2 Å². The van der Waals surface area contributed by atoms with Crippen molar-refractivity contribution >= 4 is 23.2 Å². The Hall–Kier alpha value is -2.89. The van der Waals surface area contributed by atoms with E-state index in [1.165, 1.54) is 18.2 Å². The van der Waals surface area contributed by atoms with Gasteiger partial charge in [0.25, 0.3) is 5.91 Å². The van der Waals surface area contributed by atoms with E-state index < -0.39 is 17.6 Å². The summed E-state index contributed by atoms with van der Waals surface area (Å²) >= 11 is 0. The van der Waals surface area contributed by atoms with Crippen molar-refractivity contribution in [3.63, 3.8) is 0 Å². The van der Waals surface area contributed by atoms with E-state index in [0.717, 1.165) is 12.1 Å². The van der Waals surface area contributed by atoms with Gasteiger partial charge < -0.3 is 16.8 Å². The van der Waals surface area contributed by atoms with Gasteiger partial charge in [0.15, 0.2) is 0 Å². The summed E-state index contributed by atoms with van der Waals surface area (Å²) in [6, 6.07) is 9.66. The first-order valence-corrected chi connectivity index (χ1v) is 5.73. The zero-order valence-corrected chi connectivity index (χ0v) is 10.4. The SMILES string of the molecule is NC(=O)c1cccc(NC(=O)c2ccc(F)cc2N)c1. The van der Waals surface area contributed by atoms with Crippen LogP contribution in [0.15, 0.2) is 42.5 Å². The number of nitrogen functional groups attached to an aromatic ring is 1. The molecule has 0 bridgehead atoms. The summed E-state index contributed by atoms with van der Waals surface area (Å²) in [6.07, 6.45) is 0. The number of nitrogens with one attached hydrogen (secondary N) is 1. The van der Waals surface area contributed by atoms with Gasteiger partial charge in [-0.15, -0.1) is 0 Å². The Balaban J connectivity index is 2.23. The largest absolute Gasteiger partial charge is 0.398 e. The average molecular weight is 273 g/mol. The molecule has 2 aromatic carbocycles. The molecule has 0 aliphatic rings. The van der Waals surface area contributed by atoms with Gasteiger partial charge in [-0.3, -0.25) is 9.59 Å². The number of anilines is 2. The number of amides is 2. The molecule has 0 radical (unpaired) electrons. The van der Waals surface area contributed by atoms with Crippen LogP contribution in [0, 0.1) is 5.82 Å². The molecule has 0 unspecified atom stereocenters. The fraction of sp³-hybridized carbons (Fsp3) is 0. The molecule has 0 spiro atoms. The van der Waals surface area contributed by atoms with Crippen molar-refractivity contribution in [3.05, 3.63) is 59.4 Å². The Bertz CT molecular complexity index is 686. The van der Waals surface area contributed by atoms with Crippen LogP contribution in [0.5, 0.6) is 0 Å². The Morgan fingerprint density at radius 3 is 2.50 bits per heavy atom. The van der Waals surface area contributed by atoms with Gasteiger partial charge in [-0.05, 0) is 36.4 Å². The second-order valence-electron chi connectivity index (χ2n) is 4.13. The molecule has 5 nitrogen and oxygen atoms in total. The molecule has 2 aromatic rings. The van der Waals surface area contributed by atoms with E-state index in [4.69, 9.17) is 11.5 Å². The van der Waals surface area contributed by atoms with Gasteiger partial charge >= 0.3 is 0 Å². The van der Waals surface area contributed by atoms with Crippen LogP contribution in [0.2, 0.25) is 0 Å². The van der Waals surface area contributed by atoms with E-state index in [-0.39, 0.29) is 16.8 Å². The maximum Gasteiger partial charge on any atom is 0.257 e. The minimum Gasteiger partial charge on any atom is -0.398 e. The molecule has 0 aliphatic carbocycles. The van der Waals surface area contributed by atoms with Crippen molar-refractivity contribution in [3.8, 4) is 0 Å². The van der Waals surface area contributed by atoms with Crippen LogP contribution in [-0.4, -0.2) is 11.8 Å². The highest BCUT2D eigenvalue weighted by atomic mass is 19.1. The van der Waals surface area contributed by atoms with Crippen molar-refractivity contribution in [2.45, 2.75) is 0 Å². The van der Waals surface area contributed by atoms with Gasteiger partial charge in [0.05, 0.1) is 5.56 Å². The van der Waals surface area contributed by atoms with Crippen LogP contribution in [0.4, 0.5) is 15.8 Å². The lowest BCUT2D eigenvalue weighted by molar-refractivity contribution is 0.0996. The summed E-state index contributed by atoms with van der Waals surface area (Å²) in [5.74, 6) is -1.61. The summed E-state index contributed by atoms with van der Waals surface area (Å²) < 4.78 is 12.9. The predicted octanol–water partition coefficient (Wildman–Crippen LogP) is 1.76.